The van der Waals surface area contributed by atoms with Crippen LogP contribution in [0.4, 0.5) is 0 Å². The predicted octanol–water partition coefficient (Wildman–Crippen LogP) is 2.97. The number of carbonyl (C=O) groups excluding carboxylic acids is 1. The van der Waals surface area contributed by atoms with Gasteiger partial charge in [-0.05, 0) is 43.4 Å². The van der Waals surface area contributed by atoms with Crippen LogP contribution < -0.4 is 30.2 Å². The van der Waals surface area contributed by atoms with Crippen molar-refractivity contribution in [2.45, 2.75) is 37.1 Å². The van der Waals surface area contributed by atoms with Crippen LogP contribution in [0.2, 0.25) is 0 Å². The summed E-state index contributed by atoms with van der Waals surface area (Å²) in [5.41, 5.74) is 1.36. The highest BCUT2D eigenvalue weighted by Crippen LogP contribution is 2.41. The van der Waals surface area contributed by atoms with E-state index in [-0.39, 0.29) is 17.4 Å². The molecule has 2 aromatic carbocycles. The summed E-state index contributed by atoms with van der Waals surface area (Å²) in [6.45, 7) is 0.477. The zero-order valence-corrected chi connectivity index (χ0v) is 20.7. The number of aliphatic imine (C=N–C) groups is 1. The lowest BCUT2D eigenvalue weighted by atomic mass is 9.68. The number of nitrogens with zero attached hydrogens (tertiary/aromatic N) is 2. The van der Waals surface area contributed by atoms with E-state index in [0.717, 1.165) is 25.7 Å². The zero-order valence-electron chi connectivity index (χ0n) is 20.7. The second-order valence-electron chi connectivity index (χ2n) is 8.44. The van der Waals surface area contributed by atoms with Gasteiger partial charge < -0.3 is 24.8 Å². The molecule has 9 nitrogen and oxygen atoms in total. The number of methoxy groups -OCH3 is 3. The summed E-state index contributed by atoms with van der Waals surface area (Å²) < 4.78 is 16.3. The predicted molar refractivity (Wildman–Crippen MR) is 134 cm³/mol. The molecule has 1 aliphatic rings. The van der Waals surface area contributed by atoms with Crippen molar-refractivity contribution in [2.24, 2.45) is 4.99 Å². The maximum atomic E-state index is 13.3. The Hall–Kier alpha value is -3.93. The van der Waals surface area contributed by atoms with E-state index in [0.29, 0.717) is 35.3 Å². The van der Waals surface area contributed by atoms with Gasteiger partial charge in [-0.2, -0.15) is 5.26 Å². The third kappa shape index (κ3) is 5.77. The van der Waals surface area contributed by atoms with Gasteiger partial charge in [-0.15, -0.1) is 0 Å². The smallest absolute Gasteiger partial charge is 0.255 e. The highest BCUT2D eigenvalue weighted by Gasteiger charge is 2.37. The molecule has 0 aromatic heterocycles. The fourth-order valence-electron chi connectivity index (χ4n) is 4.70. The Morgan fingerprint density at radius 2 is 1.74 bits per heavy atom. The zero-order chi connectivity index (χ0) is 25.3. The summed E-state index contributed by atoms with van der Waals surface area (Å²) in [7, 11) is 6.20. The van der Waals surface area contributed by atoms with Crippen LogP contribution in [0, 0.1) is 11.5 Å². The van der Waals surface area contributed by atoms with Crippen LogP contribution in [0.5, 0.6) is 17.2 Å². The van der Waals surface area contributed by atoms with Crippen molar-refractivity contribution < 1.29 is 19.0 Å². The van der Waals surface area contributed by atoms with Gasteiger partial charge in [0.1, 0.15) is 0 Å². The number of amides is 1. The molecule has 0 aliphatic heterocycles. The number of benzene rings is 2. The fourth-order valence-corrected chi connectivity index (χ4v) is 4.70. The average Bonchev–Trinajstić information content (AvgIpc) is 2.91. The van der Waals surface area contributed by atoms with E-state index in [2.05, 4.69) is 33.1 Å². The first kappa shape index (κ1) is 25.7. The number of carbonyl (C=O) groups is 1. The minimum atomic E-state index is -0.239. The molecule has 9 heteroatoms. The maximum absolute atomic E-state index is 13.3. The quantitative estimate of drug-likeness (QED) is 0.231. The number of hydrogen-bond acceptors (Lipinski definition) is 6. The fraction of sp³-hybridized carbons (Fsp3) is 0.423. The molecule has 1 amide bonds. The molecule has 0 radical (unpaired) electrons. The molecule has 35 heavy (non-hydrogen) atoms. The molecule has 1 fully saturated rings. The average molecular weight is 480 g/mol. The van der Waals surface area contributed by atoms with Crippen LogP contribution in [0.1, 0.15) is 41.6 Å². The van der Waals surface area contributed by atoms with Gasteiger partial charge in [0.2, 0.25) is 11.7 Å². The van der Waals surface area contributed by atoms with Gasteiger partial charge in [0.05, 0.1) is 26.9 Å². The molecule has 0 heterocycles. The van der Waals surface area contributed by atoms with Crippen LogP contribution >= 0.6 is 0 Å². The van der Waals surface area contributed by atoms with E-state index < -0.39 is 0 Å². The van der Waals surface area contributed by atoms with E-state index in [9.17, 15) is 4.79 Å². The van der Waals surface area contributed by atoms with Gasteiger partial charge >= 0.3 is 0 Å². The molecule has 0 bridgehead atoms. The largest absolute Gasteiger partial charge is 0.493 e. The lowest BCUT2D eigenvalue weighted by Gasteiger charge is -2.41. The molecule has 1 saturated carbocycles. The van der Waals surface area contributed by atoms with E-state index in [1.165, 1.54) is 26.9 Å². The summed E-state index contributed by atoms with van der Waals surface area (Å²) in [5, 5.41) is 17.9. The SMILES string of the molecule is CN=C(NC#N)NC1CCC(CNC(=O)c2ccc(OC)c(OC)c2OC)(c2ccccc2)CC1. The molecule has 186 valence electrons. The highest BCUT2D eigenvalue weighted by molar-refractivity contribution is 5.98. The van der Waals surface area contributed by atoms with E-state index in [4.69, 9.17) is 19.5 Å². The second kappa shape index (κ2) is 12.0. The van der Waals surface area contributed by atoms with E-state index in [1.54, 1.807) is 19.2 Å². The Morgan fingerprint density at radius 1 is 1.06 bits per heavy atom. The number of ether oxygens (including phenoxy) is 3. The lowest BCUT2D eigenvalue weighted by Crippen LogP contribution is -2.49. The molecular formula is C26H33N5O4. The topological polar surface area (TPSA) is 117 Å². The molecule has 0 saturated heterocycles. The minimum Gasteiger partial charge on any atom is -0.493 e. The van der Waals surface area contributed by atoms with Gasteiger partial charge in [0, 0.05) is 25.0 Å². The first-order chi connectivity index (χ1) is 17.0. The number of guanidine groups is 1. The third-order valence-electron chi connectivity index (χ3n) is 6.60. The summed E-state index contributed by atoms with van der Waals surface area (Å²) in [5.74, 6) is 1.44. The Bertz CT molecular complexity index is 1070. The maximum Gasteiger partial charge on any atom is 0.255 e. The van der Waals surface area contributed by atoms with Crippen LogP contribution in [-0.4, -0.2) is 52.8 Å². The first-order valence-electron chi connectivity index (χ1n) is 11.5. The molecular weight excluding hydrogens is 446 g/mol. The highest BCUT2D eigenvalue weighted by atomic mass is 16.5. The van der Waals surface area contributed by atoms with Crippen LogP contribution in [0.3, 0.4) is 0 Å². The summed E-state index contributed by atoms with van der Waals surface area (Å²) in [4.78, 5) is 17.4. The van der Waals surface area contributed by atoms with Crippen LogP contribution in [-0.2, 0) is 5.41 Å². The van der Waals surface area contributed by atoms with Crippen molar-refractivity contribution in [1.29, 1.82) is 5.26 Å². The van der Waals surface area contributed by atoms with Crippen molar-refractivity contribution >= 4 is 11.9 Å². The summed E-state index contributed by atoms with van der Waals surface area (Å²) in [6.07, 6.45) is 5.37. The van der Waals surface area contributed by atoms with Crippen molar-refractivity contribution in [3.63, 3.8) is 0 Å². The lowest BCUT2D eigenvalue weighted by molar-refractivity contribution is 0.0931. The second-order valence-corrected chi connectivity index (χ2v) is 8.44. The molecule has 2 aromatic rings. The number of rotatable bonds is 8. The van der Waals surface area contributed by atoms with Gasteiger partial charge in [0.15, 0.2) is 17.7 Å². The molecule has 0 unspecified atom stereocenters. The number of nitriles is 1. The summed E-state index contributed by atoms with van der Waals surface area (Å²) in [6, 6.07) is 13.9. The van der Waals surface area contributed by atoms with E-state index in [1.807, 2.05) is 24.4 Å². The number of nitrogens with one attached hydrogen (secondary N) is 3. The van der Waals surface area contributed by atoms with Crippen LogP contribution in [0.15, 0.2) is 47.5 Å². The van der Waals surface area contributed by atoms with E-state index >= 15 is 0 Å². The van der Waals surface area contributed by atoms with Crippen molar-refractivity contribution in [2.75, 3.05) is 34.9 Å². The Labute approximate surface area is 206 Å². The third-order valence-corrected chi connectivity index (χ3v) is 6.60. The first-order valence-corrected chi connectivity index (χ1v) is 11.5. The summed E-state index contributed by atoms with van der Waals surface area (Å²) >= 11 is 0. The molecule has 1 aliphatic carbocycles. The Balaban J connectivity index is 1.79. The van der Waals surface area contributed by atoms with Crippen molar-refractivity contribution in [3.8, 4) is 23.4 Å². The van der Waals surface area contributed by atoms with Gasteiger partial charge in [0.25, 0.3) is 5.91 Å². The molecule has 0 spiro atoms. The molecule has 3 rings (SSSR count). The Kier molecular flexibility index (Phi) is 8.79. The van der Waals surface area contributed by atoms with Gasteiger partial charge in [-0.3, -0.25) is 15.1 Å². The Morgan fingerprint density at radius 3 is 2.31 bits per heavy atom. The monoisotopic (exact) mass is 479 g/mol. The number of hydrogen-bond donors (Lipinski definition) is 3. The molecule has 0 atom stereocenters. The van der Waals surface area contributed by atoms with Crippen molar-refractivity contribution in [1.82, 2.24) is 16.0 Å². The normalized spacial score (nSPS) is 19.7. The van der Waals surface area contributed by atoms with Gasteiger partial charge in [-0.1, -0.05) is 30.3 Å². The minimum absolute atomic E-state index is 0.188. The van der Waals surface area contributed by atoms with Crippen LogP contribution in [0.25, 0.3) is 0 Å². The standard InChI is InChI=1S/C26H33N5O4/c1-28-25(30-17-27)31-19-12-14-26(15-13-19,18-8-6-5-7-9-18)16-29-24(32)20-10-11-21(33-2)23(35-4)22(20)34-3/h5-11,19H,12-16H2,1-4H3,(H,29,32)(H2,28,30,31). The molecule has 3 N–H and O–H groups in total. The van der Waals surface area contributed by atoms with Gasteiger partial charge in [-0.25, -0.2) is 0 Å². The van der Waals surface area contributed by atoms with Crippen molar-refractivity contribution in [3.05, 3.63) is 53.6 Å².